The van der Waals surface area contributed by atoms with E-state index in [1.807, 2.05) is 0 Å². The van der Waals surface area contributed by atoms with Crippen molar-refractivity contribution < 1.29 is 45.7 Å². The fourth-order valence-electron chi connectivity index (χ4n) is 3.51. The van der Waals surface area contributed by atoms with E-state index in [4.69, 9.17) is 9.47 Å². The van der Waals surface area contributed by atoms with Crippen LogP contribution in [0.15, 0.2) is 42.5 Å². The molecule has 0 radical (unpaired) electrons. The van der Waals surface area contributed by atoms with Crippen LogP contribution in [0.5, 0.6) is 11.6 Å². The number of fused-ring (bicyclic) bond motifs is 1. The molecule has 0 bridgehead atoms. The topological polar surface area (TPSA) is 84.8 Å². The van der Waals surface area contributed by atoms with Crippen LogP contribution >= 0.6 is 0 Å². The van der Waals surface area contributed by atoms with Gasteiger partial charge in [-0.2, -0.15) is 31.3 Å². The molecule has 1 unspecified atom stereocenters. The van der Waals surface area contributed by atoms with E-state index in [-0.39, 0.29) is 37.5 Å². The van der Waals surface area contributed by atoms with Crippen molar-refractivity contribution in [3.63, 3.8) is 0 Å². The Kier molecular flexibility index (Phi) is 5.98. The second-order valence-electron chi connectivity index (χ2n) is 7.31. The first kappa shape index (κ1) is 23.5. The molecule has 1 aliphatic rings. The third-order valence-electron chi connectivity index (χ3n) is 5.10. The van der Waals surface area contributed by atoms with Crippen LogP contribution in [-0.4, -0.2) is 45.8 Å². The maximum atomic E-state index is 13.3. The molecule has 1 amide bonds. The van der Waals surface area contributed by atoms with Crippen LogP contribution in [0.3, 0.4) is 0 Å². The van der Waals surface area contributed by atoms with Crippen molar-refractivity contribution in [2.45, 2.75) is 18.4 Å². The highest BCUT2D eigenvalue weighted by Crippen LogP contribution is 2.39. The van der Waals surface area contributed by atoms with Gasteiger partial charge in [0, 0.05) is 18.0 Å². The molecule has 4 rings (SSSR count). The molecular weight excluding hydrogens is 472 g/mol. The van der Waals surface area contributed by atoms with Crippen LogP contribution in [0.25, 0.3) is 11.0 Å². The maximum absolute atomic E-state index is 13.3. The summed E-state index contributed by atoms with van der Waals surface area (Å²) in [6.45, 7) is 0.636. The smallest absolute Gasteiger partial charge is 0.433 e. The van der Waals surface area contributed by atoms with Crippen LogP contribution in [-0.2, 0) is 17.1 Å². The van der Waals surface area contributed by atoms with Crippen molar-refractivity contribution >= 4 is 17.1 Å². The predicted octanol–water partition coefficient (Wildman–Crippen LogP) is 5.51. The summed E-state index contributed by atoms with van der Waals surface area (Å²) in [6, 6.07) is 7.52. The number of amides is 1. The van der Waals surface area contributed by atoms with Gasteiger partial charge in [0.2, 0.25) is 5.88 Å². The summed E-state index contributed by atoms with van der Waals surface area (Å²) in [5.74, 6) is -0.0921. The first-order valence-corrected chi connectivity index (χ1v) is 9.75. The number of pyridine rings is 2. The molecule has 34 heavy (non-hydrogen) atoms. The number of rotatable bonds is 3. The average Bonchev–Trinajstić information content (AvgIpc) is 2.77. The number of ether oxygens (including phenoxy) is 2. The Hall–Kier alpha value is -3.61. The number of morpholine rings is 1. The zero-order valence-electron chi connectivity index (χ0n) is 17.0. The van der Waals surface area contributed by atoms with E-state index in [0.717, 1.165) is 12.1 Å². The number of carbonyl (C=O) groups is 1. The van der Waals surface area contributed by atoms with Crippen molar-refractivity contribution in [1.29, 1.82) is 0 Å². The molecule has 1 saturated heterocycles. The molecule has 1 aromatic carbocycles. The molecule has 1 fully saturated rings. The number of alkyl halides is 6. The molecule has 1 N–H and O–H groups in total. The van der Waals surface area contributed by atoms with E-state index >= 15 is 0 Å². The van der Waals surface area contributed by atoms with Gasteiger partial charge >= 0.3 is 18.4 Å². The van der Waals surface area contributed by atoms with Crippen molar-refractivity contribution in [2.24, 2.45) is 0 Å². The highest BCUT2D eigenvalue weighted by atomic mass is 19.4. The van der Waals surface area contributed by atoms with Gasteiger partial charge in [-0.25, -0.2) is 9.78 Å². The van der Waals surface area contributed by atoms with Gasteiger partial charge in [0.15, 0.2) is 5.65 Å². The summed E-state index contributed by atoms with van der Waals surface area (Å²) < 4.78 is 89.9. The number of carboxylic acid groups (broad SMARTS) is 1. The lowest BCUT2D eigenvalue weighted by molar-refractivity contribution is -0.144. The first-order chi connectivity index (χ1) is 15.9. The Labute approximate surface area is 187 Å². The van der Waals surface area contributed by atoms with E-state index in [9.17, 15) is 36.2 Å². The molecule has 0 spiro atoms. The quantitative estimate of drug-likeness (QED) is 0.491. The van der Waals surface area contributed by atoms with Gasteiger partial charge in [-0.3, -0.25) is 4.90 Å². The fraction of sp³-hybridized carbons (Fsp3) is 0.286. The van der Waals surface area contributed by atoms with Crippen LogP contribution in [0, 0.1) is 0 Å². The van der Waals surface area contributed by atoms with Crippen LogP contribution in [0.1, 0.15) is 22.9 Å². The Bertz CT molecular complexity index is 1210. The highest BCUT2D eigenvalue weighted by Gasteiger charge is 2.39. The van der Waals surface area contributed by atoms with Crippen molar-refractivity contribution in [2.75, 3.05) is 19.8 Å². The van der Waals surface area contributed by atoms with E-state index in [0.29, 0.717) is 5.56 Å². The molecule has 1 aliphatic heterocycles. The van der Waals surface area contributed by atoms with Gasteiger partial charge in [-0.05, 0) is 29.8 Å². The first-order valence-electron chi connectivity index (χ1n) is 9.75. The molecule has 180 valence electrons. The highest BCUT2D eigenvalue weighted by molar-refractivity contribution is 5.80. The number of halogens is 6. The Balaban J connectivity index is 1.63. The molecular formula is C21H15F6N3O4. The molecule has 0 aliphatic carbocycles. The molecule has 3 aromatic rings. The van der Waals surface area contributed by atoms with Gasteiger partial charge in [0.1, 0.15) is 11.4 Å². The Morgan fingerprint density at radius 2 is 1.74 bits per heavy atom. The number of benzene rings is 1. The van der Waals surface area contributed by atoms with E-state index < -0.39 is 46.8 Å². The van der Waals surface area contributed by atoms with Gasteiger partial charge in [-0.15, -0.1) is 0 Å². The molecule has 0 saturated carbocycles. The van der Waals surface area contributed by atoms with E-state index in [2.05, 4.69) is 9.97 Å². The van der Waals surface area contributed by atoms with Gasteiger partial charge in [0.25, 0.3) is 0 Å². The predicted molar refractivity (Wildman–Crippen MR) is 104 cm³/mol. The lowest BCUT2D eigenvalue weighted by Crippen LogP contribution is -2.42. The molecule has 2 aromatic heterocycles. The Morgan fingerprint density at radius 3 is 2.35 bits per heavy atom. The maximum Gasteiger partial charge on any atom is 0.433 e. The van der Waals surface area contributed by atoms with Crippen molar-refractivity contribution in [3.8, 4) is 11.6 Å². The zero-order valence-corrected chi connectivity index (χ0v) is 17.0. The summed E-state index contributed by atoms with van der Waals surface area (Å²) in [7, 11) is 0. The second kappa shape index (κ2) is 8.63. The van der Waals surface area contributed by atoms with E-state index in [1.54, 1.807) is 12.1 Å². The number of aromatic nitrogens is 2. The molecule has 3 heterocycles. The van der Waals surface area contributed by atoms with Crippen LogP contribution in [0.4, 0.5) is 31.1 Å². The lowest BCUT2D eigenvalue weighted by Gasteiger charge is -2.33. The molecule has 1 atom stereocenters. The van der Waals surface area contributed by atoms with Crippen LogP contribution < -0.4 is 4.74 Å². The van der Waals surface area contributed by atoms with Crippen molar-refractivity contribution in [3.05, 3.63) is 59.3 Å². The molecule has 7 nitrogen and oxygen atoms in total. The van der Waals surface area contributed by atoms with Gasteiger partial charge < -0.3 is 14.6 Å². The lowest BCUT2D eigenvalue weighted by atomic mass is 10.1. The minimum absolute atomic E-state index is 0.0569. The Morgan fingerprint density at radius 1 is 1.03 bits per heavy atom. The zero-order chi connectivity index (χ0) is 24.7. The van der Waals surface area contributed by atoms with Crippen LogP contribution in [0.2, 0.25) is 0 Å². The fourth-order valence-corrected chi connectivity index (χ4v) is 3.51. The summed E-state index contributed by atoms with van der Waals surface area (Å²) in [4.78, 5) is 19.6. The molecule has 13 heteroatoms. The second-order valence-corrected chi connectivity index (χ2v) is 7.31. The van der Waals surface area contributed by atoms with Crippen molar-refractivity contribution in [1.82, 2.24) is 14.9 Å². The van der Waals surface area contributed by atoms with E-state index in [1.165, 1.54) is 17.0 Å². The average molecular weight is 487 g/mol. The normalized spacial score (nSPS) is 17.1. The van der Waals surface area contributed by atoms with Gasteiger partial charge in [-0.1, -0.05) is 12.1 Å². The third kappa shape index (κ3) is 4.83. The minimum Gasteiger partial charge on any atom is -0.465 e. The summed E-state index contributed by atoms with van der Waals surface area (Å²) in [5, 5.41) is 8.73. The summed E-state index contributed by atoms with van der Waals surface area (Å²) >= 11 is 0. The third-order valence-corrected chi connectivity index (χ3v) is 5.10. The SMILES string of the molecule is O=C(O)N1CCOCC1c1ccc(Oc2ccc3c(C(F)(F)F)cc(C(F)(F)F)nc3n2)cc1. The minimum atomic E-state index is -5.10. The number of hydrogen-bond donors (Lipinski definition) is 1. The summed E-state index contributed by atoms with van der Waals surface area (Å²) in [5.41, 5.74) is -3.38. The van der Waals surface area contributed by atoms with Gasteiger partial charge in [0.05, 0.1) is 24.8 Å². The monoisotopic (exact) mass is 487 g/mol. The standard InChI is InChI=1S/C21H15F6N3O4/c22-20(23,24)14-9-16(21(25,26)27)28-18-13(14)5-6-17(29-18)34-12-3-1-11(2-4-12)15-10-33-8-7-30(15)19(31)32/h1-6,9,15H,7-8,10H2,(H,31,32). The largest absolute Gasteiger partial charge is 0.465 e. The summed E-state index contributed by atoms with van der Waals surface area (Å²) in [6.07, 6.45) is -11.2. The number of hydrogen-bond acceptors (Lipinski definition) is 5. The number of nitrogens with zero attached hydrogens (tertiary/aromatic N) is 3.